The summed E-state index contributed by atoms with van der Waals surface area (Å²) in [6.45, 7) is 15.3. The van der Waals surface area contributed by atoms with Crippen molar-refractivity contribution < 1.29 is 9.53 Å². The van der Waals surface area contributed by atoms with Crippen LogP contribution in [0.1, 0.15) is 70.5 Å². The molecule has 2 aromatic carbocycles. The average Bonchev–Trinajstić information content (AvgIpc) is 3.06. The van der Waals surface area contributed by atoms with Gasteiger partial charge in [-0.25, -0.2) is 4.98 Å². The number of para-hydroxylation sites is 2. The van der Waals surface area contributed by atoms with Gasteiger partial charge in [0, 0.05) is 5.41 Å². The number of fused-ring (bicyclic) bond motifs is 1. The summed E-state index contributed by atoms with van der Waals surface area (Å²) in [7, 11) is 0. The van der Waals surface area contributed by atoms with E-state index in [1.807, 2.05) is 45.9 Å². The van der Waals surface area contributed by atoms with E-state index in [9.17, 15) is 4.79 Å². The summed E-state index contributed by atoms with van der Waals surface area (Å²) < 4.78 is 8.40. The molecule has 0 aliphatic rings. The maximum Gasteiger partial charge on any atom is 0.225 e. The zero-order valence-electron chi connectivity index (χ0n) is 19.8. The molecule has 0 aliphatic heterocycles. The molecule has 166 valence electrons. The molecule has 1 N–H and O–H groups in total. The second kappa shape index (κ2) is 9.13. The number of rotatable bonds is 7. The third-order valence-electron chi connectivity index (χ3n) is 5.46. The van der Waals surface area contributed by atoms with Crippen LogP contribution in [-0.4, -0.2) is 22.1 Å². The van der Waals surface area contributed by atoms with Crippen LogP contribution in [0, 0.1) is 12.3 Å². The average molecular weight is 422 g/mol. The van der Waals surface area contributed by atoms with Crippen LogP contribution in [0.5, 0.6) is 5.75 Å². The van der Waals surface area contributed by atoms with E-state index in [4.69, 9.17) is 9.72 Å². The molecule has 5 heteroatoms. The van der Waals surface area contributed by atoms with Gasteiger partial charge in [0.25, 0.3) is 0 Å². The van der Waals surface area contributed by atoms with Crippen LogP contribution >= 0.6 is 0 Å². The van der Waals surface area contributed by atoms with Crippen LogP contribution in [0.15, 0.2) is 42.5 Å². The van der Waals surface area contributed by atoms with E-state index in [0.29, 0.717) is 19.1 Å². The van der Waals surface area contributed by atoms with Crippen LogP contribution in [0.4, 0.5) is 0 Å². The van der Waals surface area contributed by atoms with Gasteiger partial charge in [0.15, 0.2) is 0 Å². The summed E-state index contributed by atoms with van der Waals surface area (Å²) in [4.78, 5) is 17.4. The summed E-state index contributed by atoms with van der Waals surface area (Å²) >= 11 is 0. The Bertz CT molecular complexity index is 1060. The SMILES string of the molecule is Cc1ccc(C(C)C)c(OCCn2c(C(C)NC(=O)C(C)(C)C)nc3ccccc32)c1. The summed E-state index contributed by atoms with van der Waals surface area (Å²) in [6.07, 6.45) is 0. The standard InChI is InChI=1S/C26H35N3O2/c1-17(2)20-13-12-18(3)16-23(20)31-15-14-29-22-11-9-8-10-21(22)28-24(29)19(4)27-25(30)26(5,6)7/h8-13,16-17,19H,14-15H2,1-7H3,(H,27,30). The number of amides is 1. The van der Waals surface area contributed by atoms with Gasteiger partial charge in [0.2, 0.25) is 5.91 Å². The quantitative estimate of drug-likeness (QED) is 0.527. The van der Waals surface area contributed by atoms with Crippen LogP contribution in [0.2, 0.25) is 0 Å². The number of imidazole rings is 1. The summed E-state index contributed by atoms with van der Waals surface area (Å²) in [6, 6.07) is 14.3. The highest BCUT2D eigenvalue weighted by molar-refractivity contribution is 5.82. The largest absolute Gasteiger partial charge is 0.491 e. The lowest BCUT2D eigenvalue weighted by molar-refractivity contribution is -0.129. The number of benzene rings is 2. The van der Waals surface area contributed by atoms with Crippen molar-refractivity contribution in [3.63, 3.8) is 0 Å². The van der Waals surface area contributed by atoms with Gasteiger partial charge in [-0.1, -0.05) is 58.9 Å². The van der Waals surface area contributed by atoms with E-state index in [1.54, 1.807) is 0 Å². The fourth-order valence-corrected chi connectivity index (χ4v) is 3.63. The van der Waals surface area contributed by atoms with Crippen molar-refractivity contribution in [1.29, 1.82) is 0 Å². The van der Waals surface area contributed by atoms with E-state index >= 15 is 0 Å². The third kappa shape index (κ3) is 5.27. The van der Waals surface area contributed by atoms with Gasteiger partial charge in [0.05, 0.1) is 23.6 Å². The first kappa shape index (κ1) is 22.9. The molecule has 1 unspecified atom stereocenters. The van der Waals surface area contributed by atoms with Gasteiger partial charge in [-0.05, 0) is 49.1 Å². The fourth-order valence-electron chi connectivity index (χ4n) is 3.63. The van der Waals surface area contributed by atoms with Crippen LogP contribution in [-0.2, 0) is 11.3 Å². The molecule has 0 bridgehead atoms. The van der Waals surface area contributed by atoms with Crippen molar-refractivity contribution in [2.45, 2.75) is 67.0 Å². The number of nitrogens with one attached hydrogen (secondary N) is 1. The first-order valence-corrected chi connectivity index (χ1v) is 11.1. The Hall–Kier alpha value is -2.82. The number of nitrogens with zero attached hydrogens (tertiary/aromatic N) is 2. The highest BCUT2D eigenvalue weighted by Crippen LogP contribution is 2.28. The van der Waals surface area contributed by atoms with Crippen molar-refractivity contribution in [3.8, 4) is 5.75 Å². The molecular formula is C26H35N3O2. The number of hydrogen-bond donors (Lipinski definition) is 1. The molecule has 0 saturated carbocycles. The Morgan fingerprint density at radius 1 is 1.13 bits per heavy atom. The first-order chi connectivity index (χ1) is 14.6. The van der Waals surface area contributed by atoms with Crippen molar-refractivity contribution in [1.82, 2.24) is 14.9 Å². The fraction of sp³-hybridized carbons (Fsp3) is 0.462. The molecule has 0 aliphatic carbocycles. The molecule has 31 heavy (non-hydrogen) atoms. The molecule has 0 fully saturated rings. The molecular weight excluding hydrogens is 386 g/mol. The smallest absolute Gasteiger partial charge is 0.225 e. The second-order valence-electron chi connectivity index (χ2n) is 9.60. The predicted molar refractivity (Wildman–Crippen MR) is 127 cm³/mol. The number of hydrogen-bond acceptors (Lipinski definition) is 3. The van der Waals surface area contributed by atoms with E-state index in [-0.39, 0.29) is 11.9 Å². The lowest BCUT2D eigenvalue weighted by atomic mass is 9.95. The number of carbonyl (C=O) groups is 1. The Morgan fingerprint density at radius 3 is 2.52 bits per heavy atom. The first-order valence-electron chi connectivity index (χ1n) is 11.1. The zero-order valence-corrected chi connectivity index (χ0v) is 19.8. The Kier molecular flexibility index (Phi) is 6.73. The minimum Gasteiger partial charge on any atom is -0.491 e. The summed E-state index contributed by atoms with van der Waals surface area (Å²) in [5.41, 5.74) is 3.92. The highest BCUT2D eigenvalue weighted by atomic mass is 16.5. The number of aryl methyl sites for hydroxylation is 1. The second-order valence-corrected chi connectivity index (χ2v) is 9.60. The maximum atomic E-state index is 12.5. The van der Waals surface area contributed by atoms with Gasteiger partial charge < -0.3 is 14.6 Å². The predicted octanol–water partition coefficient (Wildman–Crippen LogP) is 5.77. The Balaban J connectivity index is 1.84. The lowest BCUT2D eigenvalue weighted by Gasteiger charge is -2.22. The van der Waals surface area contributed by atoms with Crippen molar-refractivity contribution in [2.24, 2.45) is 5.41 Å². The Morgan fingerprint density at radius 2 is 1.84 bits per heavy atom. The maximum absolute atomic E-state index is 12.5. The van der Waals surface area contributed by atoms with Crippen molar-refractivity contribution >= 4 is 16.9 Å². The van der Waals surface area contributed by atoms with Crippen LogP contribution < -0.4 is 10.1 Å². The van der Waals surface area contributed by atoms with Crippen LogP contribution in [0.25, 0.3) is 11.0 Å². The third-order valence-corrected chi connectivity index (χ3v) is 5.46. The van der Waals surface area contributed by atoms with E-state index in [0.717, 1.165) is 22.6 Å². The zero-order chi connectivity index (χ0) is 22.8. The lowest BCUT2D eigenvalue weighted by Crippen LogP contribution is -2.37. The number of aromatic nitrogens is 2. The number of ether oxygens (including phenoxy) is 1. The normalized spacial score (nSPS) is 12.9. The summed E-state index contributed by atoms with van der Waals surface area (Å²) in [5.74, 6) is 2.19. The minimum atomic E-state index is -0.452. The highest BCUT2D eigenvalue weighted by Gasteiger charge is 2.25. The molecule has 3 rings (SSSR count). The van der Waals surface area contributed by atoms with Crippen molar-refractivity contribution in [2.75, 3.05) is 6.61 Å². The molecule has 5 nitrogen and oxygen atoms in total. The molecule has 0 spiro atoms. The number of carbonyl (C=O) groups excluding carboxylic acids is 1. The molecule has 0 radical (unpaired) electrons. The Labute approximate surface area is 185 Å². The molecule has 1 amide bonds. The van der Waals surface area contributed by atoms with Gasteiger partial charge in [-0.15, -0.1) is 0 Å². The van der Waals surface area contributed by atoms with Gasteiger partial charge in [0.1, 0.15) is 18.2 Å². The molecule has 1 atom stereocenters. The molecule has 1 aromatic heterocycles. The van der Waals surface area contributed by atoms with Crippen LogP contribution in [0.3, 0.4) is 0 Å². The van der Waals surface area contributed by atoms with Gasteiger partial charge >= 0.3 is 0 Å². The van der Waals surface area contributed by atoms with Crippen molar-refractivity contribution in [3.05, 3.63) is 59.4 Å². The van der Waals surface area contributed by atoms with Gasteiger partial charge in [-0.2, -0.15) is 0 Å². The van der Waals surface area contributed by atoms with Gasteiger partial charge in [-0.3, -0.25) is 4.79 Å². The minimum absolute atomic E-state index is 0.0104. The molecule has 3 aromatic rings. The van der Waals surface area contributed by atoms with E-state index in [1.165, 1.54) is 11.1 Å². The molecule has 0 saturated heterocycles. The topological polar surface area (TPSA) is 56.1 Å². The summed E-state index contributed by atoms with van der Waals surface area (Å²) in [5, 5.41) is 3.11. The van der Waals surface area contributed by atoms with E-state index in [2.05, 4.69) is 54.9 Å². The molecule has 1 heterocycles. The van der Waals surface area contributed by atoms with E-state index < -0.39 is 5.41 Å². The monoisotopic (exact) mass is 421 g/mol.